The second kappa shape index (κ2) is 5.54. The van der Waals surface area contributed by atoms with Crippen molar-refractivity contribution < 1.29 is 13.7 Å². The van der Waals surface area contributed by atoms with Crippen molar-refractivity contribution in [1.82, 2.24) is 10.1 Å². The predicted octanol–water partition coefficient (Wildman–Crippen LogP) is 2.19. The smallest absolute Gasteiger partial charge is 0.234 e. The van der Waals surface area contributed by atoms with E-state index >= 15 is 0 Å². The minimum absolute atomic E-state index is 0.245. The number of benzene rings is 1. The summed E-state index contributed by atoms with van der Waals surface area (Å²) in [6, 6.07) is 4.77. The number of hydrogen-bond acceptors (Lipinski definition) is 5. The molecule has 0 bridgehead atoms. The van der Waals surface area contributed by atoms with Crippen LogP contribution in [-0.2, 0) is 10.2 Å². The molecule has 1 fully saturated rings. The Balaban J connectivity index is 1.93. The Bertz CT molecular complexity index is 636. The highest BCUT2D eigenvalue weighted by Crippen LogP contribution is 2.33. The molecule has 0 atom stereocenters. The van der Waals surface area contributed by atoms with E-state index in [1.165, 1.54) is 6.07 Å². The number of aryl methyl sites for hydroxylation is 1. The van der Waals surface area contributed by atoms with Crippen molar-refractivity contribution in [2.45, 2.75) is 25.2 Å². The molecule has 1 saturated heterocycles. The van der Waals surface area contributed by atoms with Crippen molar-refractivity contribution in [2.75, 3.05) is 19.8 Å². The number of rotatable bonds is 3. The monoisotopic (exact) mass is 291 g/mol. The van der Waals surface area contributed by atoms with E-state index in [1.807, 2.05) is 0 Å². The summed E-state index contributed by atoms with van der Waals surface area (Å²) in [7, 11) is 0. The van der Waals surface area contributed by atoms with Gasteiger partial charge in [-0.05, 0) is 43.5 Å². The maximum Gasteiger partial charge on any atom is 0.234 e. The highest BCUT2D eigenvalue weighted by atomic mass is 19.1. The Hall–Kier alpha value is -1.79. The van der Waals surface area contributed by atoms with E-state index in [2.05, 4.69) is 10.1 Å². The Labute approximate surface area is 122 Å². The molecule has 3 rings (SSSR count). The fourth-order valence-electron chi connectivity index (χ4n) is 2.61. The van der Waals surface area contributed by atoms with Gasteiger partial charge in [0.15, 0.2) is 0 Å². The van der Waals surface area contributed by atoms with Crippen LogP contribution in [0.2, 0.25) is 0 Å². The molecule has 5 nitrogen and oxygen atoms in total. The first-order chi connectivity index (χ1) is 10.1. The van der Waals surface area contributed by atoms with Crippen LogP contribution < -0.4 is 5.73 Å². The predicted molar refractivity (Wildman–Crippen MR) is 75.2 cm³/mol. The molecule has 1 aliphatic heterocycles. The van der Waals surface area contributed by atoms with Gasteiger partial charge in [0.25, 0.3) is 0 Å². The first kappa shape index (κ1) is 14.2. The van der Waals surface area contributed by atoms with Crippen LogP contribution in [0.25, 0.3) is 11.4 Å². The maximum absolute atomic E-state index is 13.3. The number of ether oxygens (including phenoxy) is 1. The summed E-state index contributed by atoms with van der Waals surface area (Å²) in [4.78, 5) is 4.48. The third-order valence-corrected chi connectivity index (χ3v) is 4.14. The minimum atomic E-state index is -0.307. The molecule has 6 heteroatoms. The van der Waals surface area contributed by atoms with E-state index in [0.717, 1.165) is 18.4 Å². The largest absolute Gasteiger partial charge is 0.381 e. The fraction of sp³-hybridized carbons (Fsp3) is 0.467. The van der Waals surface area contributed by atoms with E-state index in [1.54, 1.807) is 19.1 Å². The molecule has 0 spiro atoms. The van der Waals surface area contributed by atoms with Gasteiger partial charge in [0.05, 0.1) is 5.41 Å². The molecule has 1 aromatic carbocycles. The molecule has 112 valence electrons. The third-order valence-electron chi connectivity index (χ3n) is 4.14. The zero-order valence-electron chi connectivity index (χ0n) is 11.9. The Morgan fingerprint density at radius 1 is 1.33 bits per heavy atom. The minimum Gasteiger partial charge on any atom is -0.381 e. The van der Waals surface area contributed by atoms with Crippen LogP contribution >= 0.6 is 0 Å². The molecular weight excluding hydrogens is 273 g/mol. The molecule has 2 aromatic rings. The van der Waals surface area contributed by atoms with Crippen LogP contribution in [0.1, 0.15) is 24.3 Å². The molecular formula is C15H18FN3O2. The summed E-state index contributed by atoms with van der Waals surface area (Å²) >= 11 is 0. The zero-order valence-corrected chi connectivity index (χ0v) is 11.9. The van der Waals surface area contributed by atoms with Gasteiger partial charge in [-0.3, -0.25) is 0 Å². The van der Waals surface area contributed by atoms with Crippen LogP contribution in [0.5, 0.6) is 0 Å². The lowest BCUT2D eigenvalue weighted by Gasteiger charge is -2.32. The third kappa shape index (κ3) is 2.56. The molecule has 0 aliphatic carbocycles. The van der Waals surface area contributed by atoms with E-state index in [4.69, 9.17) is 15.0 Å². The number of hydrogen-bond donors (Lipinski definition) is 1. The summed E-state index contributed by atoms with van der Waals surface area (Å²) in [6.45, 7) is 3.44. The molecule has 2 N–H and O–H groups in total. The molecule has 0 radical (unpaired) electrons. The van der Waals surface area contributed by atoms with Gasteiger partial charge in [-0.15, -0.1) is 0 Å². The number of nitrogens with two attached hydrogens (primary N) is 1. The maximum atomic E-state index is 13.3. The number of aromatic nitrogens is 2. The van der Waals surface area contributed by atoms with E-state index in [9.17, 15) is 4.39 Å². The summed E-state index contributed by atoms with van der Waals surface area (Å²) < 4.78 is 24.1. The molecule has 0 saturated carbocycles. The summed E-state index contributed by atoms with van der Waals surface area (Å²) in [6.07, 6.45) is 1.54. The Morgan fingerprint density at radius 2 is 2.10 bits per heavy atom. The first-order valence-electron chi connectivity index (χ1n) is 7.03. The molecule has 1 aliphatic rings. The highest BCUT2D eigenvalue weighted by Gasteiger charge is 2.38. The second-order valence-corrected chi connectivity index (χ2v) is 5.48. The number of halogens is 1. The van der Waals surface area contributed by atoms with Crippen molar-refractivity contribution in [1.29, 1.82) is 0 Å². The van der Waals surface area contributed by atoms with Crippen molar-refractivity contribution in [3.8, 4) is 11.4 Å². The topological polar surface area (TPSA) is 74.2 Å². The van der Waals surface area contributed by atoms with Gasteiger partial charge in [0.1, 0.15) is 5.82 Å². The first-order valence-corrected chi connectivity index (χ1v) is 7.03. The Kier molecular flexibility index (Phi) is 3.73. The summed E-state index contributed by atoms with van der Waals surface area (Å²) in [5.41, 5.74) is 6.92. The van der Waals surface area contributed by atoms with Gasteiger partial charge in [-0.2, -0.15) is 4.98 Å². The average Bonchev–Trinajstić information content (AvgIpc) is 3.01. The molecule has 0 unspecified atom stereocenters. The van der Waals surface area contributed by atoms with Gasteiger partial charge in [-0.1, -0.05) is 5.16 Å². The van der Waals surface area contributed by atoms with Gasteiger partial charge in [0.2, 0.25) is 11.7 Å². The van der Waals surface area contributed by atoms with Crippen molar-refractivity contribution >= 4 is 0 Å². The normalized spacial score (nSPS) is 17.9. The highest BCUT2D eigenvalue weighted by molar-refractivity contribution is 5.55. The van der Waals surface area contributed by atoms with E-state index < -0.39 is 0 Å². The lowest BCUT2D eigenvalue weighted by Crippen LogP contribution is -2.40. The molecule has 1 aromatic heterocycles. The standard InChI is InChI=1S/C15H18FN3O2/c1-10-8-11(2-3-12(10)16)13-18-14(21-19-13)15(9-17)4-6-20-7-5-15/h2-3,8H,4-7,9,17H2,1H3. The van der Waals surface area contributed by atoms with Gasteiger partial charge in [0, 0.05) is 25.3 Å². The van der Waals surface area contributed by atoms with Crippen LogP contribution in [0.4, 0.5) is 4.39 Å². The van der Waals surface area contributed by atoms with Crippen molar-refractivity contribution in [3.63, 3.8) is 0 Å². The van der Waals surface area contributed by atoms with Gasteiger partial charge < -0.3 is 15.0 Å². The van der Waals surface area contributed by atoms with Crippen molar-refractivity contribution in [2.24, 2.45) is 5.73 Å². The van der Waals surface area contributed by atoms with Gasteiger partial charge in [-0.25, -0.2) is 4.39 Å². The summed E-state index contributed by atoms with van der Waals surface area (Å²) in [5.74, 6) is 0.767. The van der Waals surface area contributed by atoms with E-state index in [-0.39, 0.29) is 11.2 Å². The summed E-state index contributed by atoms with van der Waals surface area (Å²) in [5, 5.41) is 4.02. The quantitative estimate of drug-likeness (QED) is 0.938. The van der Waals surface area contributed by atoms with Crippen LogP contribution in [-0.4, -0.2) is 29.9 Å². The second-order valence-electron chi connectivity index (χ2n) is 5.48. The zero-order chi connectivity index (χ0) is 14.9. The lowest BCUT2D eigenvalue weighted by atomic mass is 9.80. The van der Waals surface area contributed by atoms with Crippen LogP contribution in [0.3, 0.4) is 0 Å². The molecule has 0 amide bonds. The molecule has 2 heterocycles. The van der Waals surface area contributed by atoms with Crippen molar-refractivity contribution in [3.05, 3.63) is 35.5 Å². The van der Waals surface area contributed by atoms with Crippen LogP contribution in [0.15, 0.2) is 22.7 Å². The van der Waals surface area contributed by atoms with E-state index in [0.29, 0.717) is 37.0 Å². The molecule has 21 heavy (non-hydrogen) atoms. The SMILES string of the molecule is Cc1cc(-c2noc(C3(CN)CCOCC3)n2)ccc1F. The number of nitrogens with zero attached hydrogens (tertiary/aromatic N) is 2. The van der Waals surface area contributed by atoms with Gasteiger partial charge >= 0.3 is 0 Å². The average molecular weight is 291 g/mol. The Morgan fingerprint density at radius 3 is 2.76 bits per heavy atom. The van der Waals surface area contributed by atoms with Crippen LogP contribution in [0, 0.1) is 12.7 Å². The fourth-order valence-corrected chi connectivity index (χ4v) is 2.61. The lowest BCUT2D eigenvalue weighted by molar-refractivity contribution is 0.0409.